The average Bonchev–Trinajstić information content (AvgIpc) is 2.75. The van der Waals surface area contributed by atoms with Crippen LogP contribution in [0.25, 0.3) is 0 Å². The number of amides is 1. The molecule has 0 spiro atoms. The lowest BCUT2D eigenvalue weighted by atomic mass is 10.2. The standard InChI is InChI=1S/C22H18N2O4/c1-27-19-13-11-17(12-14-19)22(26)28-20-10-6-5-9-18(20)15-23-24-21(25)16-7-3-2-4-8-16/h2-15H,1H3,(H,24,25). The summed E-state index contributed by atoms with van der Waals surface area (Å²) >= 11 is 0. The van der Waals surface area contributed by atoms with Gasteiger partial charge >= 0.3 is 5.97 Å². The number of hydrazone groups is 1. The molecule has 0 bridgehead atoms. The molecule has 140 valence electrons. The van der Waals surface area contributed by atoms with E-state index < -0.39 is 5.97 Å². The maximum absolute atomic E-state index is 12.4. The lowest BCUT2D eigenvalue weighted by Crippen LogP contribution is -2.17. The Morgan fingerprint density at radius 2 is 1.54 bits per heavy atom. The minimum absolute atomic E-state index is 0.329. The van der Waals surface area contributed by atoms with Crippen LogP contribution in [0.5, 0.6) is 11.5 Å². The summed E-state index contributed by atoms with van der Waals surface area (Å²) in [5.74, 6) is 0.153. The van der Waals surface area contributed by atoms with Crippen molar-refractivity contribution in [2.75, 3.05) is 7.11 Å². The summed E-state index contributed by atoms with van der Waals surface area (Å²) < 4.78 is 10.5. The molecular formula is C22H18N2O4. The van der Waals surface area contributed by atoms with Crippen molar-refractivity contribution in [2.45, 2.75) is 0 Å². The number of ether oxygens (including phenoxy) is 2. The summed E-state index contributed by atoms with van der Waals surface area (Å²) in [6.45, 7) is 0. The molecule has 0 fully saturated rings. The fourth-order valence-electron chi connectivity index (χ4n) is 2.38. The molecule has 3 aromatic rings. The van der Waals surface area contributed by atoms with Gasteiger partial charge in [0.15, 0.2) is 0 Å². The molecule has 0 heterocycles. The first-order chi connectivity index (χ1) is 13.7. The van der Waals surface area contributed by atoms with E-state index in [2.05, 4.69) is 10.5 Å². The minimum Gasteiger partial charge on any atom is -0.497 e. The molecule has 0 unspecified atom stereocenters. The third-order valence-corrected chi connectivity index (χ3v) is 3.85. The summed E-state index contributed by atoms with van der Waals surface area (Å²) in [5.41, 5.74) is 3.89. The number of methoxy groups -OCH3 is 1. The molecule has 0 atom stereocenters. The highest BCUT2D eigenvalue weighted by Gasteiger charge is 2.11. The van der Waals surface area contributed by atoms with Crippen LogP contribution in [0.15, 0.2) is 84.0 Å². The van der Waals surface area contributed by atoms with Crippen LogP contribution in [-0.2, 0) is 0 Å². The third-order valence-electron chi connectivity index (χ3n) is 3.85. The molecule has 6 nitrogen and oxygen atoms in total. The predicted octanol–water partition coefficient (Wildman–Crippen LogP) is 3.68. The number of carbonyl (C=O) groups excluding carboxylic acids is 2. The fraction of sp³-hybridized carbons (Fsp3) is 0.0455. The third kappa shape index (κ3) is 4.82. The summed E-state index contributed by atoms with van der Waals surface area (Å²) in [6, 6.07) is 22.3. The second-order valence-electron chi connectivity index (χ2n) is 5.72. The zero-order valence-corrected chi connectivity index (χ0v) is 15.2. The van der Waals surface area contributed by atoms with Crippen LogP contribution >= 0.6 is 0 Å². The van der Waals surface area contributed by atoms with Crippen LogP contribution in [0.1, 0.15) is 26.3 Å². The fourth-order valence-corrected chi connectivity index (χ4v) is 2.38. The van der Waals surface area contributed by atoms with Gasteiger partial charge in [-0.1, -0.05) is 30.3 Å². The van der Waals surface area contributed by atoms with Gasteiger partial charge in [-0.2, -0.15) is 5.10 Å². The molecular weight excluding hydrogens is 356 g/mol. The van der Waals surface area contributed by atoms with Crippen molar-refractivity contribution in [2.24, 2.45) is 5.10 Å². The van der Waals surface area contributed by atoms with Gasteiger partial charge in [0.25, 0.3) is 5.91 Å². The molecule has 0 aliphatic carbocycles. The smallest absolute Gasteiger partial charge is 0.343 e. The molecule has 0 radical (unpaired) electrons. The van der Waals surface area contributed by atoms with E-state index in [0.717, 1.165) is 0 Å². The van der Waals surface area contributed by atoms with E-state index in [1.165, 1.54) is 6.21 Å². The number of nitrogens with zero attached hydrogens (tertiary/aromatic N) is 1. The van der Waals surface area contributed by atoms with Gasteiger partial charge in [-0.25, -0.2) is 10.2 Å². The van der Waals surface area contributed by atoms with Gasteiger partial charge in [-0.05, 0) is 48.5 Å². The zero-order valence-electron chi connectivity index (χ0n) is 15.2. The van der Waals surface area contributed by atoms with E-state index in [-0.39, 0.29) is 5.91 Å². The zero-order chi connectivity index (χ0) is 19.8. The summed E-state index contributed by atoms with van der Waals surface area (Å²) in [7, 11) is 1.56. The molecule has 0 saturated carbocycles. The van der Waals surface area contributed by atoms with Gasteiger partial charge in [-0.15, -0.1) is 0 Å². The summed E-state index contributed by atoms with van der Waals surface area (Å²) in [6.07, 6.45) is 1.43. The van der Waals surface area contributed by atoms with Gasteiger partial charge in [0, 0.05) is 11.1 Å². The second-order valence-corrected chi connectivity index (χ2v) is 5.72. The van der Waals surface area contributed by atoms with Gasteiger partial charge < -0.3 is 9.47 Å². The van der Waals surface area contributed by atoms with Gasteiger partial charge in [0.2, 0.25) is 0 Å². The number of carbonyl (C=O) groups is 2. The largest absolute Gasteiger partial charge is 0.497 e. The molecule has 0 aliphatic rings. The Kier molecular flexibility index (Phi) is 6.15. The Morgan fingerprint density at radius 1 is 0.857 bits per heavy atom. The first-order valence-electron chi connectivity index (χ1n) is 8.51. The van der Waals surface area contributed by atoms with Crippen molar-refractivity contribution in [3.63, 3.8) is 0 Å². The van der Waals surface area contributed by atoms with Crippen LogP contribution < -0.4 is 14.9 Å². The molecule has 1 N–H and O–H groups in total. The summed E-state index contributed by atoms with van der Waals surface area (Å²) in [4.78, 5) is 24.4. The Labute approximate surface area is 162 Å². The van der Waals surface area contributed by atoms with Gasteiger partial charge in [0.1, 0.15) is 11.5 Å². The van der Waals surface area contributed by atoms with E-state index in [9.17, 15) is 9.59 Å². The first kappa shape index (κ1) is 18.8. The van der Waals surface area contributed by atoms with Crippen LogP contribution in [0.2, 0.25) is 0 Å². The van der Waals surface area contributed by atoms with E-state index in [0.29, 0.717) is 28.2 Å². The predicted molar refractivity (Wildman–Crippen MR) is 106 cm³/mol. The minimum atomic E-state index is -0.503. The number of nitrogens with one attached hydrogen (secondary N) is 1. The first-order valence-corrected chi connectivity index (χ1v) is 8.51. The van der Waals surface area contributed by atoms with Gasteiger partial charge in [-0.3, -0.25) is 4.79 Å². The molecule has 6 heteroatoms. The van der Waals surface area contributed by atoms with Gasteiger partial charge in [0.05, 0.1) is 18.9 Å². The maximum atomic E-state index is 12.4. The number of para-hydroxylation sites is 1. The van der Waals surface area contributed by atoms with Crippen LogP contribution in [-0.4, -0.2) is 25.2 Å². The second kappa shape index (κ2) is 9.14. The highest BCUT2D eigenvalue weighted by molar-refractivity contribution is 5.96. The molecule has 0 saturated heterocycles. The molecule has 0 aliphatic heterocycles. The van der Waals surface area contributed by atoms with Crippen molar-refractivity contribution in [3.05, 3.63) is 95.6 Å². The Balaban J connectivity index is 1.68. The van der Waals surface area contributed by atoms with Crippen molar-refractivity contribution >= 4 is 18.1 Å². The lowest BCUT2D eigenvalue weighted by Gasteiger charge is -2.08. The van der Waals surface area contributed by atoms with E-state index in [4.69, 9.17) is 9.47 Å². The van der Waals surface area contributed by atoms with Crippen molar-refractivity contribution in [1.29, 1.82) is 0 Å². The monoisotopic (exact) mass is 374 g/mol. The Bertz CT molecular complexity index is 983. The maximum Gasteiger partial charge on any atom is 0.343 e. The van der Waals surface area contributed by atoms with Crippen LogP contribution in [0.4, 0.5) is 0 Å². The molecule has 3 aromatic carbocycles. The van der Waals surface area contributed by atoms with Crippen molar-refractivity contribution < 1.29 is 19.1 Å². The number of hydrogen-bond acceptors (Lipinski definition) is 5. The van der Waals surface area contributed by atoms with Crippen molar-refractivity contribution in [1.82, 2.24) is 5.43 Å². The quantitative estimate of drug-likeness (QED) is 0.309. The number of rotatable bonds is 6. The van der Waals surface area contributed by atoms with Crippen molar-refractivity contribution in [3.8, 4) is 11.5 Å². The van der Waals surface area contributed by atoms with Crippen LogP contribution in [0.3, 0.4) is 0 Å². The Morgan fingerprint density at radius 3 is 2.25 bits per heavy atom. The molecule has 1 amide bonds. The topological polar surface area (TPSA) is 77.0 Å². The SMILES string of the molecule is COc1ccc(C(=O)Oc2ccccc2C=NNC(=O)c2ccccc2)cc1. The van der Waals surface area contributed by atoms with E-state index in [1.807, 2.05) is 6.07 Å². The lowest BCUT2D eigenvalue weighted by molar-refractivity contribution is 0.0734. The van der Waals surface area contributed by atoms with E-state index >= 15 is 0 Å². The normalized spacial score (nSPS) is 10.5. The summed E-state index contributed by atoms with van der Waals surface area (Å²) in [5, 5.41) is 3.95. The molecule has 0 aromatic heterocycles. The number of esters is 1. The molecule has 3 rings (SSSR count). The Hall–Kier alpha value is -3.93. The highest BCUT2D eigenvalue weighted by atomic mass is 16.5. The highest BCUT2D eigenvalue weighted by Crippen LogP contribution is 2.19. The van der Waals surface area contributed by atoms with E-state index in [1.54, 1.807) is 79.9 Å². The van der Waals surface area contributed by atoms with Crippen LogP contribution in [0, 0.1) is 0 Å². The number of hydrogen-bond donors (Lipinski definition) is 1. The average molecular weight is 374 g/mol. The number of benzene rings is 3. The molecule has 28 heavy (non-hydrogen) atoms.